The number of hydrogen-bond acceptors (Lipinski definition) is 5. The Balaban J connectivity index is 2.74. The van der Waals surface area contributed by atoms with Crippen molar-refractivity contribution in [2.45, 2.75) is 12.5 Å². The molecular formula is C8H12N2O3. The highest BCUT2D eigenvalue weighted by atomic mass is 16.5. The second-order valence-electron chi connectivity index (χ2n) is 3.01. The zero-order valence-electron chi connectivity index (χ0n) is 7.90. The van der Waals surface area contributed by atoms with Gasteiger partial charge in [-0.15, -0.1) is 5.11 Å². The number of carbonyl (C=O) groups excluding carboxylic acids is 1. The first-order chi connectivity index (χ1) is 6.11. The Hall–Kier alpha value is -1.23. The van der Waals surface area contributed by atoms with Crippen molar-refractivity contribution >= 4 is 5.97 Å². The predicted octanol–water partition coefficient (Wildman–Crippen LogP) is 0.914. The number of methoxy groups -OCH3 is 2. The SMILES string of the molecule is COCC1(C)C=C(C(=O)OC)N=N1. The van der Waals surface area contributed by atoms with Gasteiger partial charge in [0.05, 0.1) is 13.7 Å². The molecule has 1 rings (SSSR count). The molecule has 72 valence electrons. The lowest BCUT2D eigenvalue weighted by Crippen LogP contribution is -2.23. The average Bonchev–Trinajstić information content (AvgIpc) is 2.47. The van der Waals surface area contributed by atoms with Gasteiger partial charge in [0.25, 0.3) is 0 Å². The number of azo groups is 1. The number of hydrogen-bond donors (Lipinski definition) is 0. The van der Waals surface area contributed by atoms with Crippen LogP contribution in [-0.4, -0.2) is 32.3 Å². The van der Waals surface area contributed by atoms with Gasteiger partial charge in [-0.3, -0.25) is 0 Å². The normalized spacial score (nSPS) is 25.9. The van der Waals surface area contributed by atoms with Crippen LogP contribution in [0.5, 0.6) is 0 Å². The Morgan fingerprint density at radius 1 is 1.62 bits per heavy atom. The molecule has 0 aliphatic carbocycles. The van der Waals surface area contributed by atoms with Crippen LogP contribution in [0.3, 0.4) is 0 Å². The Bertz CT molecular complexity index is 273. The minimum absolute atomic E-state index is 0.238. The third kappa shape index (κ3) is 2.12. The molecule has 1 aliphatic heterocycles. The van der Waals surface area contributed by atoms with Gasteiger partial charge in [0.2, 0.25) is 0 Å². The topological polar surface area (TPSA) is 60.2 Å². The Labute approximate surface area is 76.4 Å². The summed E-state index contributed by atoms with van der Waals surface area (Å²) in [6, 6.07) is 0. The molecule has 0 spiro atoms. The summed E-state index contributed by atoms with van der Waals surface area (Å²) in [5.41, 5.74) is -0.291. The van der Waals surface area contributed by atoms with E-state index in [0.717, 1.165) is 0 Å². The molecule has 0 fully saturated rings. The summed E-state index contributed by atoms with van der Waals surface area (Å²) in [5.74, 6) is -0.469. The number of esters is 1. The van der Waals surface area contributed by atoms with Crippen molar-refractivity contribution in [2.75, 3.05) is 20.8 Å². The van der Waals surface area contributed by atoms with Crippen molar-refractivity contribution < 1.29 is 14.3 Å². The van der Waals surface area contributed by atoms with Crippen molar-refractivity contribution in [3.63, 3.8) is 0 Å². The Morgan fingerprint density at radius 3 is 2.85 bits per heavy atom. The lowest BCUT2D eigenvalue weighted by molar-refractivity contribution is -0.136. The first-order valence-corrected chi connectivity index (χ1v) is 3.84. The van der Waals surface area contributed by atoms with E-state index in [0.29, 0.717) is 6.61 Å². The maximum Gasteiger partial charge on any atom is 0.358 e. The third-order valence-corrected chi connectivity index (χ3v) is 1.66. The first-order valence-electron chi connectivity index (χ1n) is 3.84. The molecule has 0 aromatic heterocycles. The van der Waals surface area contributed by atoms with E-state index in [1.54, 1.807) is 13.2 Å². The van der Waals surface area contributed by atoms with E-state index < -0.39 is 11.5 Å². The van der Waals surface area contributed by atoms with Gasteiger partial charge in [-0.1, -0.05) is 0 Å². The van der Waals surface area contributed by atoms with Crippen LogP contribution in [0.4, 0.5) is 0 Å². The summed E-state index contributed by atoms with van der Waals surface area (Å²) in [6.45, 7) is 2.23. The fourth-order valence-corrected chi connectivity index (χ4v) is 1.09. The van der Waals surface area contributed by atoms with E-state index in [2.05, 4.69) is 15.0 Å². The second kappa shape index (κ2) is 3.66. The zero-order chi connectivity index (χ0) is 9.90. The van der Waals surface area contributed by atoms with Gasteiger partial charge in [0, 0.05) is 7.11 Å². The standard InChI is InChI=1S/C8H12N2O3/c1-8(5-12-2)4-6(9-10-8)7(11)13-3/h4H,5H2,1-3H3. The largest absolute Gasteiger partial charge is 0.464 e. The van der Waals surface area contributed by atoms with Gasteiger partial charge < -0.3 is 9.47 Å². The van der Waals surface area contributed by atoms with Crippen LogP contribution in [0.1, 0.15) is 6.92 Å². The van der Waals surface area contributed by atoms with Gasteiger partial charge in [-0.2, -0.15) is 5.11 Å². The second-order valence-corrected chi connectivity index (χ2v) is 3.01. The molecule has 1 heterocycles. The summed E-state index contributed by atoms with van der Waals surface area (Å²) >= 11 is 0. The quantitative estimate of drug-likeness (QED) is 0.612. The molecule has 1 aliphatic rings. The molecule has 5 heteroatoms. The molecule has 0 saturated heterocycles. The lowest BCUT2D eigenvalue weighted by atomic mass is 10.1. The summed E-state index contributed by atoms with van der Waals surface area (Å²) < 4.78 is 9.44. The molecule has 0 bridgehead atoms. The molecule has 0 N–H and O–H groups in total. The van der Waals surface area contributed by atoms with Gasteiger partial charge in [-0.05, 0) is 13.0 Å². The number of carbonyl (C=O) groups is 1. The first kappa shape index (κ1) is 9.85. The van der Waals surface area contributed by atoms with Crippen LogP contribution < -0.4 is 0 Å². The highest BCUT2D eigenvalue weighted by Crippen LogP contribution is 2.24. The summed E-state index contributed by atoms with van der Waals surface area (Å²) in [5, 5.41) is 7.62. The van der Waals surface area contributed by atoms with Crippen molar-refractivity contribution in [3.8, 4) is 0 Å². The number of nitrogens with zero attached hydrogens (tertiary/aromatic N) is 2. The molecule has 1 unspecified atom stereocenters. The minimum Gasteiger partial charge on any atom is -0.464 e. The predicted molar refractivity (Wildman–Crippen MR) is 45.2 cm³/mol. The van der Waals surface area contributed by atoms with Crippen LogP contribution >= 0.6 is 0 Å². The number of ether oxygens (including phenoxy) is 2. The maximum atomic E-state index is 11.0. The maximum absolute atomic E-state index is 11.0. The molecule has 5 nitrogen and oxygen atoms in total. The van der Waals surface area contributed by atoms with Gasteiger partial charge in [0.15, 0.2) is 5.70 Å². The fraction of sp³-hybridized carbons (Fsp3) is 0.625. The Morgan fingerprint density at radius 2 is 2.31 bits per heavy atom. The molecular weight excluding hydrogens is 172 g/mol. The molecule has 0 radical (unpaired) electrons. The average molecular weight is 184 g/mol. The number of rotatable bonds is 3. The lowest BCUT2D eigenvalue weighted by Gasteiger charge is -2.13. The van der Waals surface area contributed by atoms with E-state index in [4.69, 9.17) is 4.74 Å². The van der Waals surface area contributed by atoms with E-state index in [1.807, 2.05) is 6.92 Å². The van der Waals surface area contributed by atoms with E-state index >= 15 is 0 Å². The van der Waals surface area contributed by atoms with Crippen molar-refractivity contribution in [1.29, 1.82) is 0 Å². The summed E-state index contributed by atoms with van der Waals surface area (Å²) in [4.78, 5) is 11.0. The fourth-order valence-electron chi connectivity index (χ4n) is 1.09. The molecule has 13 heavy (non-hydrogen) atoms. The van der Waals surface area contributed by atoms with Crippen LogP contribution in [0.25, 0.3) is 0 Å². The molecule has 0 aromatic carbocycles. The van der Waals surface area contributed by atoms with Crippen molar-refractivity contribution in [1.82, 2.24) is 0 Å². The third-order valence-electron chi connectivity index (χ3n) is 1.66. The Kier molecular flexibility index (Phi) is 2.77. The van der Waals surface area contributed by atoms with Crippen LogP contribution in [0.2, 0.25) is 0 Å². The van der Waals surface area contributed by atoms with Gasteiger partial charge in [-0.25, -0.2) is 4.79 Å². The van der Waals surface area contributed by atoms with Crippen LogP contribution in [0, 0.1) is 0 Å². The summed E-state index contributed by atoms with van der Waals surface area (Å²) in [7, 11) is 2.88. The highest BCUT2D eigenvalue weighted by molar-refractivity contribution is 5.88. The highest BCUT2D eigenvalue weighted by Gasteiger charge is 2.29. The van der Waals surface area contributed by atoms with Crippen molar-refractivity contribution in [3.05, 3.63) is 11.8 Å². The van der Waals surface area contributed by atoms with Crippen molar-refractivity contribution in [2.24, 2.45) is 10.2 Å². The molecule has 0 amide bonds. The molecule has 1 atom stereocenters. The van der Waals surface area contributed by atoms with Gasteiger partial charge >= 0.3 is 5.97 Å². The van der Waals surface area contributed by atoms with E-state index in [-0.39, 0.29) is 5.70 Å². The van der Waals surface area contributed by atoms with Crippen LogP contribution in [0.15, 0.2) is 22.0 Å². The van der Waals surface area contributed by atoms with Crippen LogP contribution in [-0.2, 0) is 14.3 Å². The van der Waals surface area contributed by atoms with E-state index in [1.165, 1.54) is 7.11 Å². The smallest absolute Gasteiger partial charge is 0.358 e. The molecule has 0 aromatic rings. The monoisotopic (exact) mass is 184 g/mol. The minimum atomic E-state index is -0.529. The molecule has 0 saturated carbocycles. The van der Waals surface area contributed by atoms with Gasteiger partial charge in [0.1, 0.15) is 5.54 Å². The zero-order valence-corrected chi connectivity index (χ0v) is 7.90. The summed E-state index contributed by atoms with van der Waals surface area (Å²) in [6.07, 6.45) is 1.64. The van der Waals surface area contributed by atoms with E-state index in [9.17, 15) is 4.79 Å².